The summed E-state index contributed by atoms with van der Waals surface area (Å²) in [6.07, 6.45) is 0.926. The lowest BCUT2D eigenvalue weighted by atomic mass is 10.2. The van der Waals surface area contributed by atoms with Crippen LogP contribution in [0.2, 0.25) is 0 Å². The van der Waals surface area contributed by atoms with Crippen LogP contribution in [0.25, 0.3) is 32.6 Å². The number of aromatic nitrogens is 3. The van der Waals surface area contributed by atoms with Crippen molar-refractivity contribution in [2.24, 2.45) is 0 Å². The first kappa shape index (κ1) is 16.7. The first-order valence-corrected chi connectivity index (χ1v) is 9.31. The van der Waals surface area contributed by atoms with Crippen molar-refractivity contribution in [1.29, 1.82) is 0 Å². The average molecular weight is 369 g/mol. The number of aliphatic hydroxyl groups is 1. The molecule has 0 spiro atoms. The summed E-state index contributed by atoms with van der Waals surface area (Å²) in [7, 11) is 0. The molecule has 1 N–H and O–H groups in total. The molecule has 0 aliphatic carbocycles. The highest BCUT2D eigenvalue weighted by molar-refractivity contribution is 6.07. The van der Waals surface area contributed by atoms with E-state index >= 15 is 0 Å². The summed E-state index contributed by atoms with van der Waals surface area (Å²) < 4.78 is 3.46. The van der Waals surface area contributed by atoms with Crippen molar-refractivity contribution < 1.29 is 5.11 Å². The quantitative estimate of drug-likeness (QED) is 0.527. The normalized spacial score (nSPS) is 12.8. The Bertz CT molecular complexity index is 1310. The maximum atomic E-state index is 12.7. The first-order chi connectivity index (χ1) is 13.7. The lowest BCUT2D eigenvalue weighted by Crippen LogP contribution is -2.31. The Balaban J connectivity index is 1.52. The van der Waals surface area contributed by atoms with Gasteiger partial charge in [0.05, 0.1) is 30.8 Å². The van der Waals surface area contributed by atoms with Crippen molar-refractivity contribution in [3.05, 3.63) is 89.3 Å². The molecule has 0 radical (unpaired) electrons. The monoisotopic (exact) mass is 369 g/mol. The maximum absolute atomic E-state index is 12.7. The highest BCUT2D eigenvalue weighted by atomic mass is 16.3. The van der Waals surface area contributed by atoms with E-state index in [4.69, 9.17) is 0 Å². The summed E-state index contributed by atoms with van der Waals surface area (Å²) >= 11 is 0. The topological polar surface area (TPSA) is 60.1 Å². The van der Waals surface area contributed by atoms with Crippen molar-refractivity contribution in [2.45, 2.75) is 19.2 Å². The summed E-state index contributed by atoms with van der Waals surface area (Å²) in [6, 6.07) is 23.7. The fourth-order valence-electron chi connectivity index (χ4n) is 3.93. The second-order valence-corrected chi connectivity index (χ2v) is 7.02. The predicted octanol–water partition coefficient (Wildman–Crippen LogP) is 3.57. The molecule has 0 saturated heterocycles. The number of rotatable bonds is 4. The van der Waals surface area contributed by atoms with E-state index in [1.54, 1.807) is 12.3 Å². The molecule has 3 aromatic carbocycles. The fraction of sp³-hybridized carbons (Fsp3) is 0.130. The van der Waals surface area contributed by atoms with Crippen molar-refractivity contribution >= 4 is 32.6 Å². The van der Waals surface area contributed by atoms with Crippen molar-refractivity contribution in [3.63, 3.8) is 0 Å². The summed E-state index contributed by atoms with van der Waals surface area (Å²) in [6.45, 7) is 0.527. The minimum Gasteiger partial charge on any atom is -0.389 e. The molecule has 2 heterocycles. The fourth-order valence-corrected chi connectivity index (χ4v) is 3.93. The molecule has 5 aromatic rings. The van der Waals surface area contributed by atoms with Gasteiger partial charge in [-0.15, -0.1) is 0 Å². The third-order valence-corrected chi connectivity index (χ3v) is 5.22. The molecule has 1 atom stereocenters. The second kappa shape index (κ2) is 6.62. The molecule has 0 amide bonds. The molecule has 0 bridgehead atoms. The van der Waals surface area contributed by atoms with Crippen LogP contribution < -0.4 is 5.56 Å². The predicted molar refractivity (Wildman–Crippen MR) is 111 cm³/mol. The van der Waals surface area contributed by atoms with Crippen molar-refractivity contribution in [3.8, 4) is 0 Å². The Morgan fingerprint density at radius 2 is 1.36 bits per heavy atom. The number of hydrogen-bond acceptors (Lipinski definition) is 3. The van der Waals surface area contributed by atoms with Gasteiger partial charge in [0.25, 0.3) is 5.56 Å². The molecule has 0 fully saturated rings. The molecule has 2 aromatic heterocycles. The molecular formula is C23H19N3O2. The van der Waals surface area contributed by atoms with Crippen LogP contribution in [0.1, 0.15) is 0 Å². The van der Waals surface area contributed by atoms with Crippen LogP contribution >= 0.6 is 0 Å². The van der Waals surface area contributed by atoms with E-state index in [1.165, 1.54) is 4.68 Å². The number of para-hydroxylation sites is 2. The van der Waals surface area contributed by atoms with Gasteiger partial charge in [-0.1, -0.05) is 54.6 Å². The summed E-state index contributed by atoms with van der Waals surface area (Å²) in [4.78, 5) is 12.7. The van der Waals surface area contributed by atoms with Gasteiger partial charge < -0.3 is 9.67 Å². The molecule has 0 saturated carbocycles. The summed E-state index contributed by atoms with van der Waals surface area (Å²) in [5.41, 5.74) is 1.96. The summed E-state index contributed by atoms with van der Waals surface area (Å²) in [5, 5.41) is 18.7. The van der Waals surface area contributed by atoms with E-state index in [0.29, 0.717) is 11.9 Å². The molecule has 0 aliphatic heterocycles. The third kappa shape index (κ3) is 2.68. The zero-order valence-electron chi connectivity index (χ0n) is 15.2. The van der Waals surface area contributed by atoms with Crippen LogP contribution in [0.5, 0.6) is 0 Å². The highest BCUT2D eigenvalue weighted by Crippen LogP contribution is 2.28. The second-order valence-electron chi connectivity index (χ2n) is 7.02. The molecule has 0 aliphatic rings. The molecule has 28 heavy (non-hydrogen) atoms. The Morgan fingerprint density at radius 1 is 0.786 bits per heavy atom. The SMILES string of the molecule is O=c1c2ccccc2cnn1CC(O)Cn1c2ccccc2c2ccccc21. The van der Waals surface area contributed by atoms with E-state index in [1.807, 2.05) is 42.5 Å². The highest BCUT2D eigenvalue weighted by Gasteiger charge is 2.15. The molecular weight excluding hydrogens is 350 g/mol. The molecule has 5 nitrogen and oxygen atoms in total. The van der Waals surface area contributed by atoms with Gasteiger partial charge in [0.1, 0.15) is 0 Å². The van der Waals surface area contributed by atoms with E-state index in [-0.39, 0.29) is 12.1 Å². The van der Waals surface area contributed by atoms with Gasteiger partial charge in [0.15, 0.2) is 0 Å². The third-order valence-electron chi connectivity index (χ3n) is 5.22. The number of nitrogens with zero attached hydrogens (tertiary/aromatic N) is 3. The minimum atomic E-state index is -0.745. The zero-order valence-corrected chi connectivity index (χ0v) is 15.2. The minimum absolute atomic E-state index is 0.143. The summed E-state index contributed by atoms with van der Waals surface area (Å²) in [5.74, 6) is 0. The van der Waals surface area contributed by atoms with E-state index in [0.717, 1.165) is 27.2 Å². The van der Waals surface area contributed by atoms with Gasteiger partial charge in [-0.3, -0.25) is 4.79 Å². The number of aliphatic hydroxyl groups excluding tert-OH is 1. The molecule has 138 valence electrons. The van der Waals surface area contributed by atoms with Crippen LogP contribution in [0.15, 0.2) is 83.8 Å². The lowest BCUT2D eigenvalue weighted by Gasteiger charge is -2.15. The zero-order chi connectivity index (χ0) is 19.1. The standard InChI is InChI=1S/C23H19N3O2/c27-17(15-26-23(28)18-8-2-1-7-16(18)13-24-26)14-25-21-11-5-3-9-19(21)20-10-4-6-12-22(20)25/h1-13,17,27H,14-15H2. The van der Waals surface area contributed by atoms with Crippen molar-refractivity contribution in [1.82, 2.24) is 14.3 Å². The molecule has 5 heteroatoms. The molecule has 1 unspecified atom stereocenters. The van der Waals surface area contributed by atoms with E-state index < -0.39 is 6.10 Å². The Morgan fingerprint density at radius 3 is 2.04 bits per heavy atom. The van der Waals surface area contributed by atoms with Gasteiger partial charge in [0.2, 0.25) is 0 Å². The lowest BCUT2D eigenvalue weighted by molar-refractivity contribution is 0.131. The van der Waals surface area contributed by atoms with Crippen LogP contribution in [0.4, 0.5) is 0 Å². The van der Waals surface area contributed by atoms with Crippen LogP contribution in [0.3, 0.4) is 0 Å². The van der Waals surface area contributed by atoms with Gasteiger partial charge in [-0.05, 0) is 18.2 Å². The Hall–Kier alpha value is -3.44. The van der Waals surface area contributed by atoms with Gasteiger partial charge in [-0.2, -0.15) is 5.10 Å². The van der Waals surface area contributed by atoms with Gasteiger partial charge in [-0.25, -0.2) is 4.68 Å². The van der Waals surface area contributed by atoms with Crippen molar-refractivity contribution in [2.75, 3.05) is 0 Å². The number of benzene rings is 3. The van der Waals surface area contributed by atoms with Crippen LogP contribution in [0, 0.1) is 0 Å². The van der Waals surface area contributed by atoms with Gasteiger partial charge in [0, 0.05) is 27.2 Å². The average Bonchev–Trinajstić information content (AvgIpc) is 3.04. The smallest absolute Gasteiger partial charge is 0.274 e. The Kier molecular flexibility index (Phi) is 3.95. The van der Waals surface area contributed by atoms with E-state index in [9.17, 15) is 9.90 Å². The number of fused-ring (bicyclic) bond motifs is 4. The Labute approximate surface area is 161 Å². The first-order valence-electron chi connectivity index (χ1n) is 9.31. The maximum Gasteiger partial charge on any atom is 0.274 e. The largest absolute Gasteiger partial charge is 0.389 e. The van der Waals surface area contributed by atoms with E-state index in [2.05, 4.69) is 33.9 Å². The molecule has 5 rings (SSSR count). The van der Waals surface area contributed by atoms with Crippen LogP contribution in [-0.2, 0) is 13.1 Å². The van der Waals surface area contributed by atoms with Gasteiger partial charge >= 0.3 is 0 Å². The van der Waals surface area contributed by atoms with Crippen LogP contribution in [-0.4, -0.2) is 25.6 Å². The number of hydrogen-bond donors (Lipinski definition) is 1.